The lowest BCUT2D eigenvalue weighted by atomic mass is 9.91. The summed E-state index contributed by atoms with van der Waals surface area (Å²) in [5, 5.41) is 21.1. The third kappa shape index (κ3) is 4.80. The number of imide groups is 1. The predicted molar refractivity (Wildman–Crippen MR) is 121 cm³/mol. The largest absolute Gasteiger partial charge is 0.481 e. The molecule has 2 aromatic rings. The molecule has 0 saturated carbocycles. The van der Waals surface area contributed by atoms with Crippen LogP contribution < -0.4 is 11.1 Å². The molecule has 2 unspecified atom stereocenters. The highest BCUT2D eigenvalue weighted by Gasteiger charge is 2.53. The summed E-state index contributed by atoms with van der Waals surface area (Å²) in [6, 6.07) is 12.6. The smallest absolute Gasteiger partial charge is 0.344 e. The Morgan fingerprint density at radius 1 is 1.15 bits per heavy atom. The quantitative estimate of drug-likeness (QED) is 0.274. The van der Waals surface area contributed by atoms with Crippen LogP contribution in [-0.2, 0) is 19.9 Å². The van der Waals surface area contributed by atoms with Crippen LogP contribution >= 0.6 is 12.4 Å². The number of halogens is 1. The van der Waals surface area contributed by atoms with E-state index in [0.29, 0.717) is 21.7 Å². The van der Waals surface area contributed by atoms with Crippen LogP contribution in [0.2, 0.25) is 0 Å². The first-order valence-corrected chi connectivity index (χ1v) is 9.74. The summed E-state index contributed by atoms with van der Waals surface area (Å²) in [5.41, 5.74) is 5.29. The molecule has 1 aliphatic rings. The Morgan fingerprint density at radius 2 is 1.73 bits per heavy atom. The molecule has 0 bridgehead atoms. The number of aliphatic carboxylic acids is 1. The van der Waals surface area contributed by atoms with Gasteiger partial charge in [-0.1, -0.05) is 54.6 Å². The number of carboxylic acids is 1. The van der Waals surface area contributed by atoms with Crippen LogP contribution in [0.4, 0.5) is 4.79 Å². The van der Waals surface area contributed by atoms with Gasteiger partial charge in [0.05, 0.1) is 12.5 Å². The molecule has 0 radical (unpaired) electrons. The summed E-state index contributed by atoms with van der Waals surface area (Å²) in [6.07, 6.45) is -0.509. The van der Waals surface area contributed by atoms with Gasteiger partial charge in [-0.05, 0) is 18.1 Å². The topological polar surface area (TPSA) is 157 Å². The summed E-state index contributed by atoms with van der Waals surface area (Å²) >= 11 is 0. The van der Waals surface area contributed by atoms with Crippen LogP contribution in [-0.4, -0.2) is 44.8 Å². The molecular weight excluding hydrogens is 450 g/mol. The molecule has 3 rings (SSSR count). The average molecular weight is 474 g/mol. The third-order valence-electron chi connectivity index (χ3n) is 5.33. The number of rotatable bonds is 7. The number of amidine groups is 1. The Morgan fingerprint density at radius 3 is 2.21 bits per heavy atom. The SMILES string of the molecule is CC(=O)N(C(CC(=O)O)c1ccccc1)N1C(=O)NC(C)(c2ccc(C(=N)N)cc2)C1=O.Cl. The van der Waals surface area contributed by atoms with Crippen molar-refractivity contribution in [2.75, 3.05) is 0 Å². The Hall–Kier alpha value is -3.92. The minimum absolute atomic E-state index is 0. The summed E-state index contributed by atoms with van der Waals surface area (Å²) < 4.78 is 0. The highest BCUT2D eigenvalue weighted by Crippen LogP contribution is 2.34. The number of nitrogen functional groups attached to an aromatic ring is 1. The number of hydrogen-bond acceptors (Lipinski definition) is 5. The molecular formula is C22H24ClN5O5. The van der Waals surface area contributed by atoms with E-state index in [4.69, 9.17) is 11.1 Å². The van der Waals surface area contributed by atoms with Crippen LogP contribution in [0.25, 0.3) is 0 Å². The lowest BCUT2D eigenvalue weighted by Gasteiger charge is -2.35. The number of hydrazine groups is 1. The van der Waals surface area contributed by atoms with Crippen molar-refractivity contribution < 1.29 is 24.3 Å². The molecule has 174 valence electrons. The van der Waals surface area contributed by atoms with Crippen molar-refractivity contribution in [3.8, 4) is 0 Å². The van der Waals surface area contributed by atoms with Gasteiger partial charge in [0.2, 0.25) is 5.91 Å². The zero-order valence-corrected chi connectivity index (χ0v) is 18.8. The van der Waals surface area contributed by atoms with Crippen LogP contribution in [0.1, 0.15) is 43.0 Å². The molecule has 1 saturated heterocycles. The van der Waals surface area contributed by atoms with Crippen molar-refractivity contribution in [3.63, 3.8) is 0 Å². The van der Waals surface area contributed by atoms with E-state index < -0.39 is 41.8 Å². The van der Waals surface area contributed by atoms with Crippen molar-refractivity contribution in [3.05, 3.63) is 71.3 Å². The zero-order chi connectivity index (χ0) is 23.6. The third-order valence-corrected chi connectivity index (χ3v) is 5.33. The van der Waals surface area contributed by atoms with Crippen molar-refractivity contribution in [2.45, 2.75) is 31.8 Å². The van der Waals surface area contributed by atoms with Crippen LogP contribution in [0, 0.1) is 5.41 Å². The molecule has 1 aliphatic heterocycles. The maximum Gasteiger partial charge on any atom is 0.344 e. The van der Waals surface area contributed by atoms with Gasteiger partial charge in [0.1, 0.15) is 11.4 Å². The Labute approximate surface area is 196 Å². The van der Waals surface area contributed by atoms with Gasteiger partial charge in [-0.15, -0.1) is 12.4 Å². The van der Waals surface area contributed by atoms with Crippen molar-refractivity contribution in [1.29, 1.82) is 5.41 Å². The summed E-state index contributed by atoms with van der Waals surface area (Å²) in [7, 11) is 0. The van der Waals surface area contributed by atoms with Gasteiger partial charge in [-0.3, -0.25) is 19.8 Å². The fourth-order valence-electron chi connectivity index (χ4n) is 3.68. The second kappa shape index (κ2) is 9.70. The van der Waals surface area contributed by atoms with E-state index in [1.165, 1.54) is 6.92 Å². The zero-order valence-electron chi connectivity index (χ0n) is 17.9. The second-order valence-corrected chi connectivity index (χ2v) is 7.55. The molecule has 0 aliphatic carbocycles. The van der Waals surface area contributed by atoms with E-state index in [2.05, 4.69) is 5.32 Å². The van der Waals surface area contributed by atoms with Gasteiger partial charge in [0.15, 0.2) is 0 Å². The maximum atomic E-state index is 13.5. The number of nitrogens with two attached hydrogens (primary N) is 1. The Kier molecular flexibility index (Phi) is 7.45. The summed E-state index contributed by atoms with van der Waals surface area (Å²) in [5.74, 6) is -2.74. The molecule has 2 aromatic carbocycles. The number of nitrogens with zero attached hydrogens (tertiary/aromatic N) is 2. The number of carbonyl (C=O) groups excluding carboxylic acids is 3. The van der Waals surface area contributed by atoms with E-state index in [1.54, 1.807) is 54.6 Å². The second-order valence-electron chi connectivity index (χ2n) is 7.55. The van der Waals surface area contributed by atoms with Crippen LogP contribution in [0.5, 0.6) is 0 Å². The summed E-state index contributed by atoms with van der Waals surface area (Å²) in [4.78, 5) is 50.5. The van der Waals surface area contributed by atoms with Crippen molar-refractivity contribution in [2.24, 2.45) is 5.73 Å². The Bertz CT molecular complexity index is 1090. The van der Waals surface area contributed by atoms with Crippen LogP contribution in [0.15, 0.2) is 54.6 Å². The molecule has 11 heteroatoms. The minimum atomic E-state index is -1.51. The number of carbonyl (C=O) groups is 4. The number of benzene rings is 2. The molecule has 4 amide bonds. The maximum absolute atomic E-state index is 13.5. The fraction of sp³-hybridized carbons (Fsp3) is 0.227. The summed E-state index contributed by atoms with van der Waals surface area (Å²) in [6.45, 7) is 2.65. The van der Waals surface area contributed by atoms with Crippen molar-refractivity contribution >= 4 is 42.1 Å². The van der Waals surface area contributed by atoms with Crippen molar-refractivity contribution in [1.82, 2.24) is 15.3 Å². The van der Waals surface area contributed by atoms with E-state index in [9.17, 15) is 24.3 Å². The number of urea groups is 1. The van der Waals surface area contributed by atoms with Gasteiger partial charge in [-0.2, -0.15) is 5.01 Å². The fourth-order valence-corrected chi connectivity index (χ4v) is 3.68. The lowest BCUT2D eigenvalue weighted by Crippen LogP contribution is -2.52. The molecule has 10 nitrogen and oxygen atoms in total. The van der Waals surface area contributed by atoms with Gasteiger partial charge in [0.25, 0.3) is 5.91 Å². The highest BCUT2D eigenvalue weighted by atomic mass is 35.5. The van der Waals surface area contributed by atoms with Crippen LogP contribution in [0.3, 0.4) is 0 Å². The highest BCUT2D eigenvalue weighted by molar-refractivity contribution is 6.08. The molecule has 5 N–H and O–H groups in total. The molecule has 0 spiro atoms. The first-order chi connectivity index (χ1) is 15.1. The first kappa shape index (κ1) is 25.3. The average Bonchev–Trinajstić information content (AvgIpc) is 2.97. The number of hydrogen-bond donors (Lipinski definition) is 4. The van der Waals surface area contributed by atoms with E-state index in [0.717, 1.165) is 11.9 Å². The minimum Gasteiger partial charge on any atom is -0.481 e. The number of amides is 4. The first-order valence-electron chi connectivity index (χ1n) is 9.74. The standard InChI is InChI=1S/C22H23N5O5.ClH/c1-13(28)26(17(12-18(29)30)14-6-4-3-5-7-14)27-20(31)22(2,25-21(27)32)16-10-8-15(9-11-16)19(23)24;/h3-11,17H,12H2,1-2H3,(H3,23,24)(H,25,32)(H,29,30);1H. The van der Waals surface area contributed by atoms with E-state index >= 15 is 0 Å². The molecule has 0 aromatic heterocycles. The Balaban J connectivity index is 0.00000385. The monoisotopic (exact) mass is 473 g/mol. The predicted octanol–water partition coefficient (Wildman–Crippen LogP) is 2.14. The molecule has 1 fully saturated rings. The molecule has 33 heavy (non-hydrogen) atoms. The van der Waals surface area contributed by atoms with E-state index in [-0.39, 0.29) is 18.2 Å². The molecule has 2 atom stereocenters. The number of nitrogens with one attached hydrogen (secondary N) is 2. The number of carboxylic acid groups (broad SMARTS) is 1. The van der Waals surface area contributed by atoms with Gasteiger partial charge in [0, 0.05) is 12.5 Å². The van der Waals surface area contributed by atoms with Gasteiger partial charge < -0.3 is 16.2 Å². The lowest BCUT2D eigenvalue weighted by molar-refractivity contribution is -0.162. The van der Waals surface area contributed by atoms with E-state index in [1.807, 2.05) is 0 Å². The van der Waals surface area contributed by atoms with Gasteiger partial charge in [-0.25, -0.2) is 9.80 Å². The molecule has 1 heterocycles. The van der Waals surface area contributed by atoms with Gasteiger partial charge >= 0.3 is 12.0 Å². The normalized spacial score (nSPS) is 18.2.